The fourth-order valence-corrected chi connectivity index (χ4v) is 1.04. The second-order valence-electron chi connectivity index (χ2n) is 2.57. The smallest absolute Gasteiger partial charge is 0.308 e. The standard InChI is InChI=1S/C6H11NO3.ClH/c7-5-1-4(6(8)9)2-10-3-5;/h4-5H,1-3,7H2,(H,8,9);1H. The number of ether oxygens (including phenoxy) is 1. The van der Waals surface area contributed by atoms with E-state index in [-0.39, 0.29) is 18.4 Å². The lowest BCUT2D eigenvalue weighted by Crippen LogP contribution is -2.38. The van der Waals surface area contributed by atoms with Gasteiger partial charge < -0.3 is 15.6 Å². The quantitative estimate of drug-likeness (QED) is 0.591. The summed E-state index contributed by atoms with van der Waals surface area (Å²) >= 11 is 0. The van der Waals surface area contributed by atoms with Gasteiger partial charge in [0.2, 0.25) is 0 Å². The number of carboxylic acids is 1. The number of hydrogen-bond acceptors (Lipinski definition) is 3. The van der Waals surface area contributed by atoms with Crippen molar-refractivity contribution in [3.8, 4) is 0 Å². The van der Waals surface area contributed by atoms with Gasteiger partial charge in [0, 0.05) is 6.04 Å². The third-order valence-corrected chi connectivity index (χ3v) is 1.59. The molecule has 0 aliphatic carbocycles. The summed E-state index contributed by atoms with van der Waals surface area (Å²) in [5.41, 5.74) is 5.47. The van der Waals surface area contributed by atoms with Crippen molar-refractivity contribution < 1.29 is 14.6 Å². The molecule has 0 amide bonds. The van der Waals surface area contributed by atoms with Gasteiger partial charge in [0.05, 0.1) is 19.1 Å². The Balaban J connectivity index is 0.000001000. The maximum Gasteiger partial charge on any atom is 0.308 e. The number of rotatable bonds is 1. The summed E-state index contributed by atoms with van der Waals surface area (Å²) in [6, 6.07) is -0.102. The number of aliphatic carboxylic acids is 1. The lowest BCUT2D eigenvalue weighted by atomic mass is 10.00. The highest BCUT2D eigenvalue weighted by atomic mass is 35.5. The van der Waals surface area contributed by atoms with Crippen LogP contribution in [0.15, 0.2) is 0 Å². The van der Waals surface area contributed by atoms with Crippen LogP contribution in [0.5, 0.6) is 0 Å². The number of nitrogens with two attached hydrogens (primary N) is 1. The lowest BCUT2D eigenvalue weighted by Gasteiger charge is -2.23. The summed E-state index contributed by atoms with van der Waals surface area (Å²) in [4.78, 5) is 10.4. The molecule has 1 saturated heterocycles. The van der Waals surface area contributed by atoms with E-state index < -0.39 is 11.9 Å². The van der Waals surface area contributed by atoms with Gasteiger partial charge in [0.15, 0.2) is 0 Å². The maximum absolute atomic E-state index is 10.4. The highest BCUT2D eigenvalue weighted by Gasteiger charge is 2.25. The summed E-state index contributed by atoms with van der Waals surface area (Å²) < 4.78 is 4.95. The molecule has 0 bridgehead atoms. The second kappa shape index (κ2) is 4.54. The van der Waals surface area contributed by atoms with Crippen molar-refractivity contribution >= 4 is 18.4 Å². The number of carbonyl (C=O) groups is 1. The van der Waals surface area contributed by atoms with Crippen LogP contribution < -0.4 is 5.73 Å². The molecule has 0 aromatic heterocycles. The van der Waals surface area contributed by atoms with Gasteiger partial charge in [-0.05, 0) is 6.42 Å². The predicted octanol–water partition coefficient (Wildman–Crippen LogP) is -0.143. The Morgan fingerprint density at radius 1 is 1.55 bits per heavy atom. The SMILES string of the molecule is Cl.NC1COCC(C(=O)O)C1. The van der Waals surface area contributed by atoms with Gasteiger partial charge in [-0.1, -0.05) is 0 Å². The van der Waals surface area contributed by atoms with Crippen molar-refractivity contribution in [3.05, 3.63) is 0 Å². The van der Waals surface area contributed by atoms with Gasteiger partial charge in [0.1, 0.15) is 0 Å². The fraction of sp³-hybridized carbons (Fsp3) is 0.833. The molecule has 11 heavy (non-hydrogen) atoms. The van der Waals surface area contributed by atoms with Crippen molar-refractivity contribution in [1.82, 2.24) is 0 Å². The van der Waals surface area contributed by atoms with Gasteiger partial charge in [-0.2, -0.15) is 0 Å². The molecule has 1 aliphatic rings. The van der Waals surface area contributed by atoms with E-state index in [1.807, 2.05) is 0 Å². The first-order valence-corrected chi connectivity index (χ1v) is 3.26. The number of carboxylic acid groups (broad SMARTS) is 1. The highest BCUT2D eigenvalue weighted by molar-refractivity contribution is 5.85. The van der Waals surface area contributed by atoms with E-state index in [4.69, 9.17) is 15.6 Å². The Hall–Kier alpha value is -0.320. The zero-order valence-corrected chi connectivity index (χ0v) is 6.84. The molecule has 2 unspecified atom stereocenters. The molecule has 2 atom stereocenters. The fourth-order valence-electron chi connectivity index (χ4n) is 1.04. The van der Waals surface area contributed by atoms with E-state index in [2.05, 4.69) is 0 Å². The van der Waals surface area contributed by atoms with E-state index >= 15 is 0 Å². The van der Waals surface area contributed by atoms with Crippen molar-refractivity contribution in [3.63, 3.8) is 0 Å². The molecular weight excluding hydrogens is 170 g/mol. The number of hydrogen-bond donors (Lipinski definition) is 2. The first-order chi connectivity index (χ1) is 4.70. The Labute approximate surface area is 71.1 Å². The van der Waals surface area contributed by atoms with Crippen LogP contribution in [0.25, 0.3) is 0 Å². The minimum absolute atomic E-state index is 0. The van der Waals surface area contributed by atoms with Crippen LogP contribution in [0.1, 0.15) is 6.42 Å². The van der Waals surface area contributed by atoms with Crippen LogP contribution in [-0.2, 0) is 9.53 Å². The Bertz CT molecular complexity index is 142. The van der Waals surface area contributed by atoms with E-state index in [0.717, 1.165) is 0 Å². The third kappa shape index (κ3) is 3.05. The van der Waals surface area contributed by atoms with Crippen LogP contribution in [0.4, 0.5) is 0 Å². The zero-order chi connectivity index (χ0) is 7.56. The maximum atomic E-state index is 10.4. The molecule has 1 aliphatic heterocycles. The van der Waals surface area contributed by atoms with Crippen LogP contribution in [0.3, 0.4) is 0 Å². The molecule has 3 N–H and O–H groups in total. The van der Waals surface area contributed by atoms with Gasteiger partial charge in [-0.3, -0.25) is 4.79 Å². The van der Waals surface area contributed by atoms with E-state index in [1.165, 1.54) is 0 Å². The molecule has 1 heterocycles. The lowest BCUT2D eigenvalue weighted by molar-refractivity contribution is -0.146. The summed E-state index contributed by atoms with van der Waals surface area (Å²) in [6.45, 7) is 0.798. The van der Waals surface area contributed by atoms with Crippen molar-refractivity contribution in [2.24, 2.45) is 11.7 Å². The minimum Gasteiger partial charge on any atom is -0.481 e. The van der Waals surface area contributed by atoms with Crippen molar-refractivity contribution in [2.45, 2.75) is 12.5 Å². The Kier molecular flexibility index (Phi) is 4.40. The summed E-state index contributed by atoms with van der Waals surface area (Å²) in [5, 5.41) is 8.52. The van der Waals surface area contributed by atoms with E-state index in [0.29, 0.717) is 19.6 Å². The van der Waals surface area contributed by atoms with Gasteiger partial charge in [-0.25, -0.2) is 0 Å². The molecule has 0 radical (unpaired) electrons. The molecule has 0 spiro atoms. The van der Waals surface area contributed by atoms with Crippen LogP contribution in [0.2, 0.25) is 0 Å². The summed E-state index contributed by atoms with van der Waals surface area (Å²) in [6.07, 6.45) is 0.537. The Morgan fingerprint density at radius 3 is 2.55 bits per heavy atom. The largest absolute Gasteiger partial charge is 0.481 e. The molecule has 4 nitrogen and oxygen atoms in total. The number of halogens is 1. The van der Waals surface area contributed by atoms with Crippen molar-refractivity contribution in [2.75, 3.05) is 13.2 Å². The molecule has 66 valence electrons. The highest BCUT2D eigenvalue weighted by Crippen LogP contribution is 2.12. The second-order valence-corrected chi connectivity index (χ2v) is 2.57. The average Bonchev–Trinajstić information content (AvgIpc) is 1.88. The van der Waals surface area contributed by atoms with Crippen LogP contribution in [0, 0.1) is 5.92 Å². The predicted molar refractivity (Wildman–Crippen MR) is 41.8 cm³/mol. The first-order valence-electron chi connectivity index (χ1n) is 3.26. The topological polar surface area (TPSA) is 72.5 Å². The summed E-state index contributed by atoms with van der Waals surface area (Å²) in [5.74, 6) is -1.21. The molecular formula is C6H12ClNO3. The monoisotopic (exact) mass is 181 g/mol. The first kappa shape index (κ1) is 10.7. The molecule has 5 heteroatoms. The van der Waals surface area contributed by atoms with Gasteiger partial charge in [0.25, 0.3) is 0 Å². The zero-order valence-electron chi connectivity index (χ0n) is 6.03. The molecule has 1 rings (SSSR count). The summed E-state index contributed by atoms with van der Waals surface area (Å²) in [7, 11) is 0. The van der Waals surface area contributed by atoms with Crippen LogP contribution >= 0.6 is 12.4 Å². The molecule has 1 fully saturated rings. The Morgan fingerprint density at radius 2 is 2.18 bits per heavy atom. The molecule has 0 aromatic carbocycles. The van der Waals surface area contributed by atoms with E-state index in [1.54, 1.807) is 0 Å². The molecule has 0 saturated carbocycles. The van der Waals surface area contributed by atoms with Gasteiger partial charge >= 0.3 is 5.97 Å². The third-order valence-electron chi connectivity index (χ3n) is 1.59. The van der Waals surface area contributed by atoms with E-state index in [9.17, 15) is 4.79 Å². The average molecular weight is 182 g/mol. The van der Waals surface area contributed by atoms with Crippen molar-refractivity contribution in [1.29, 1.82) is 0 Å². The minimum atomic E-state index is -0.810. The molecule has 0 aromatic rings. The van der Waals surface area contributed by atoms with Gasteiger partial charge in [-0.15, -0.1) is 12.4 Å². The van der Waals surface area contributed by atoms with Crippen LogP contribution in [-0.4, -0.2) is 30.3 Å². The normalized spacial score (nSPS) is 30.6.